The highest BCUT2D eigenvalue weighted by atomic mass is 16.2. The van der Waals surface area contributed by atoms with E-state index in [1.807, 2.05) is 6.92 Å². The van der Waals surface area contributed by atoms with Crippen LogP contribution >= 0.6 is 0 Å². The highest BCUT2D eigenvalue weighted by Crippen LogP contribution is 2.17. The van der Waals surface area contributed by atoms with E-state index < -0.39 is 0 Å². The number of hydrogen-bond acceptors (Lipinski definition) is 4. The first-order valence-electron chi connectivity index (χ1n) is 5.25. The van der Waals surface area contributed by atoms with Gasteiger partial charge >= 0.3 is 0 Å². The normalized spacial score (nSPS) is 10.5. The number of carbonyl (C=O) groups is 1. The van der Waals surface area contributed by atoms with Crippen molar-refractivity contribution in [3.05, 3.63) is 23.7 Å². The Balaban J connectivity index is 2.28. The number of nitrogens with zero attached hydrogens (tertiary/aromatic N) is 3. The van der Waals surface area contributed by atoms with Crippen molar-refractivity contribution < 1.29 is 4.79 Å². The van der Waals surface area contributed by atoms with Gasteiger partial charge in [0.25, 0.3) is 5.91 Å². The van der Waals surface area contributed by atoms with Crippen molar-refractivity contribution >= 4 is 17.4 Å². The average Bonchev–Trinajstić information content (AvgIpc) is 2.87. The summed E-state index contributed by atoms with van der Waals surface area (Å²) in [5, 5.41) is 13.2. The van der Waals surface area contributed by atoms with Crippen LogP contribution in [-0.2, 0) is 13.5 Å². The molecule has 90 valence electrons. The number of aryl methyl sites for hydroxylation is 2. The summed E-state index contributed by atoms with van der Waals surface area (Å²) >= 11 is 0. The van der Waals surface area contributed by atoms with Crippen molar-refractivity contribution in [2.45, 2.75) is 13.3 Å². The van der Waals surface area contributed by atoms with Gasteiger partial charge in [-0.2, -0.15) is 10.2 Å². The van der Waals surface area contributed by atoms with Crippen LogP contribution in [0.15, 0.2) is 12.3 Å². The summed E-state index contributed by atoms with van der Waals surface area (Å²) in [7, 11) is 1.69. The number of aromatic amines is 1. The minimum atomic E-state index is -0.304. The monoisotopic (exact) mass is 234 g/mol. The highest BCUT2D eigenvalue weighted by molar-refractivity contribution is 6.06. The third kappa shape index (κ3) is 1.99. The molecule has 0 radical (unpaired) electrons. The Labute approximate surface area is 98.0 Å². The van der Waals surface area contributed by atoms with Gasteiger partial charge in [0.1, 0.15) is 11.5 Å². The molecule has 2 aromatic rings. The van der Waals surface area contributed by atoms with Crippen molar-refractivity contribution in [1.29, 1.82) is 0 Å². The van der Waals surface area contributed by atoms with Gasteiger partial charge in [0.05, 0.1) is 17.6 Å². The summed E-state index contributed by atoms with van der Waals surface area (Å²) in [6, 6.07) is 1.66. The molecule has 2 heterocycles. The van der Waals surface area contributed by atoms with Gasteiger partial charge < -0.3 is 11.1 Å². The topological polar surface area (TPSA) is 102 Å². The van der Waals surface area contributed by atoms with E-state index in [0.29, 0.717) is 23.6 Å². The van der Waals surface area contributed by atoms with Gasteiger partial charge in [0.2, 0.25) is 0 Å². The predicted octanol–water partition coefficient (Wildman–Crippen LogP) is 0.540. The van der Waals surface area contributed by atoms with Crippen LogP contribution in [-0.4, -0.2) is 25.9 Å². The van der Waals surface area contributed by atoms with E-state index >= 15 is 0 Å². The molecule has 0 fully saturated rings. The molecule has 2 rings (SSSR count). The van der Waals surface area contributed by atoms with E-state index in [0.717, 1.165) is 5.69 Å². The van der Waals surface area contributed by atoms with Crippen LogP contribution in [0.25, 0.3) is 0 Å². The summed E-state index contributed by atoms with van der Waals surface area (Å²) in [6.07, 6.45) is 2.25. The minimum Gasteiger partial charge on any atom is -0.395 e. The Morgan fingerprint density at radius 2 is 2.41 bits per heavy atom. The van der Waals surface area contributed by atoms with Crippen molar-refractivity contribution in [3.8, 4) is 0 Å². The van der Waals surface area contributed by atoms with Crippen LogP contribution in [0.3, 0.4) is 0 Å². The number of anilines is 2. The van der Waals surface area contributed by atoms with Crippen molar-refractivity contribution in [3.63, 3.8) is 0 Å². The van der Waals surface area contributed by atoms with Gasteiger partial charge in [-0.05, 0) is 6.42 Å². The number of rotatable bonds is 3. The fourth-order valence-corrected chi connectivity index (χ4v) is 1.63. The smallest absolute Gasteiger partial charge is 0.277 e. The van der Waals surface area contributed by atoms with E-state index in [9.17, 15) is 4.79 Å². The van der Waals surface area contributed by atoms with Gasteiger partial charge in [-0.3, -0.25) is 14.6 Å². The Hall–Kier alpha value is -2.31. The summed E-state index contributed by atoms with van der Waals surface area (Å²) < 4.78 is 1.49. The molecule has 0 aliphatic heterocycles. The Kier molecular flexibility index (Phi) is 2.82. The van der Waals surface area contributed by atoms with Crippen LogP contribution in [0.1, 0.15) is 23.1 Å². The zero-order chi connectivity index (χ0) is 12.4. The van der Waals surface area contributed by atoms with Crippen molar-refractivity contribution in [2.24, 2.45) is 7.05 Å². The molecule has 0 saturated heterocycles. The summed E-state index contributed by atoms with van der Waals surface area (Å²) in [5.41, 5.74) is 7.38. The molecule has 0 unspecified atom stereocenters. The van der Waals surface area contributed by atoms with Crippen LogP contribution < -0.4 is 11.1 Å². The van der Waals surface area contributed by atoms with Gasteiger partial charge in [0, 0.05) is 13.1 Å². The average molecular weight is 234 g/mol. The molecule has 7 nitrogen and oxygen atoms in total. The molecular weight excluding hydrogens is 220 g/mol. The maximum absolute atomic E-state index is 12.0. The first-order chi connectivity index (χ1) is 8.13. The highest BCUT2D eigenvalue weighted by Gasteiger charge is 2.19. The number of hydrogen-bond donors (Lipinski definition) is 3. The lowest BCUT2D eigenvalue weighted by molar-refractivity contribution is 0.101. The third-order valence-electron chi connectivity index (χ3n) is 2.46. The molecule has 0 saturated carbocycles. The zero-order valence-electron chi connectivity index (χ0n) is 9.69. The SMILES string of the molecule is CCc1nn(C)c(C(=O)Nc2ccn[nH]2)c1N. The number of nitrogen functional groups attached to an aromatic ring is 1. The Morgan fingerprint density at radius 3 is 2.94 bits per heavy atom. The minimum absolute atomic E-state index is 0.304. The van der Waals surface area contributed by atoms with Crippen LogP contribution in [0.5, 0.6) is 0 Å². The van der Waals surface area contributed by atoms with Crippen LogP contribution in [0, 0.1) is 0 Å². The van der Waals surface area contributed by atoms with Crippen LogP contribution in [0.4, 0.5) is 11.5 Å². The lowest BCUT2D eigenvalue weighted by Gasteiger charge is -2.03. The zero-order valence-corrected chi connectivity index (χ0v) is 9.69. The molecule has 4 N–H and O–H groups in total. The van der Waals surface area contributed by atoms with E-state index in [2.05, 4.69) is 20.6 Å². The van der Waals surface area contributed by atoms with Crippen LogP contribution in [0.2, 0.25) is 0 Å². The van der Waals surface area contributed by atoms with Crippen molar-refractivity contribution in [2.75, 3.05) is 11.1 Å². The first kappa shape index (κ1) is 11.2. The maximum atomic E-state index is 12.0. The quantitative estimate of drug-likeness (QED) is 0.721. The third-order valence-corrected chi connectivity index (χ3v) is 2.46. The molecule has 0 spiro atoms. The molecule has 0 atom stereocenters. The Morgan fingerprint density at radius 1 is 1.65 bits per heavy atom. The molecule has 0 bridgehead atoms. The summed E-state index contributed by atoms with van der Waals surface area (Å²) in [6.45, 7) is 1.94. The van der Waals surface area contributed by atoms with E-state index in [1.165, 1.54) is 4.68 Å². The van der Waals surface area contributed by atoms with Gasteiger partial charge in [-0.25, -0.2) is 0 Å². The van der Waals surface area contributed by atoms with Gasteiger partial charge in [-0.15, -0.1) is 0 Å². The van der Waals surface area contributed by atoms with E-state index in [-0.39, 0.29) is 5.91 Å². The predicted molar refractivity (Wildman–Crippen MR) is 63.5 cm³/mol. The number of amides is 1. The number of nitrogens with two attached hydrogens (primary N) is 1. The summed E-state index contributed by atoms with van der Waals surface area (Å²) in [4.78, 5) is 12.0. The molecule has 0 aliphatic rings. The number of aromatic nitrogens is 4. The summed E-state index contributed by atoms with van der Waals surface area (Å²) in [5.74, 6) is 0.218. The van der Waals surface area contributed by atoms with Gasteiger partial charge in [-0.1, -0.05) is 6.92 Å². The molecular formula is C10H14N6O. The maximum Gasteiger partial charge on any atom is 0.277 e. The van der Waals surface area contributed by atoms with Gasteiger partial charge in [0.15, 0.2) is 0 Å². The second kappa shape index (κ2) is 4.28. The van der Waals surface area contributed by atoms with E-state index in [1.54, 1.807) is 19.3 Å². The molecule has 0 aliphatic carbocycles. The molecule has 2 aromatic heterocycles. The Bertz CT molecular complexity index is 527. The first-order valence-corrected chi connectivity index (χ1v) is 5.25. The largest absolute Gasteiger partial charge is 0.395 e. The second-order valence-electron chi connectivity index (χ2n) is 3.61. The number of carbonyl (C=O) groups excluding carboxylic acids is 1. The lowest BCUT2D eigenvalue weighted by atomic mass is 10.2. The molecule has 1 amide bonds. The standard InChI is InChI=1S/C10H14N6O/c1-3-6-8(11)9(16(2)15-6)10(17)13-7-4-5-12-14-7/h4-5H,3,11H2,1-2H3,(H2,12,13,14,17). The number of nitrogens with one attached hydrogen (secondary N) is 2. The fourth-order valence-electron chi connectivity index (χ4n) is 1.63. The second-order valence-corrected chi connectivity index (χ2v) is 3.61. The van der Waals surface area contributed by atoms with Crippen molar-refractivity contribution in [1.82, 2.24) is 20.0 Å². The van der Waals surface area contributed by atoms with E-state index in [4.69, 9.17) is 5.73 Å². The molecule has 0 aromatic carbocycles. The number of H-pyrrole nitrogens is 1. The molecule has 17 heavy (non-hydrogen) atoms. The molecule has 7 heteroatoms. The fraction of sp³-hybridized carbons (Fsp3) is 0.300. The lowest BCUT2D eigenvalue weighted by Crippen LogP contribution is -2.17.